The number of aryl methyl sites for hydroxylation is 1. The molecule has 3 nitrogen and oxygen atoms in total. The Balaban J connectivity index is 2.26. The van der Waals surface area contributed by atoms with Gasteiger partial charge in [0, 0.05) is 12.2 Å². The molecule has 0 atom stereocenters. The van der Waals surface area contributed by atoms with E-state index in [2.05, 4.69) is 0 Å². The van der Waals surface area contributed by atoms with Crippen LogP contribution in [0.2, 0.25) is 0 Å². The van der Waals surface area contributed by atoms with Crippen molar-refractivity contribution in [1.29, 1.82) is 0 Å². The number of aliphatic carboxylic acids is 1. The number of para-hydroxylation sites is 1. The Bertz CT molecular complexity index is 596. The number of carboxylic acid groups (broad SMARTS) is 1. The summed E-state index contributed by atoms with van der Waals surface area (Å²) in [6, 6.07) is 13.7. The standard InChI is InChI=1S/C16H16FNO2/c1-12-4-2-3-5-15(12)18(11-16(19)20)10-13-6-8-14(17)9-7-13/h2-9H,10-11H2,1H3,(H,19,20). The molecule has 0 spiro atoms. The third-order valence-electron chi connectivity index (χ3n) is 3.07. The molecule has 0 fully saturated rings. The largest absolute Gasteiger partial charge is 0.480 e. The Hall–Kier alpha value is -2.36. The summed E-state index contributed by atoms with van der Waals surface area (Å²) in [5.41, 5.74) is 2.76. The number of rotatable bonds is 5. The Morgan fingerprint density at radius 1 is 1.15 bits per heavy atom. The molecule has 0 aliphatic rings. The van der Waals surface area contributed by atoms with Crippen molar-refractivity contribution >= 4 is 11.7 Å². The summed E-state index contributed by atoms with van der Waals surface area (Å²) < 4.78 is 12.9. The second-order valence-electron chi connectivity index (χ2n) is 4.66. The number of halogens is 1. The fraction of sp³-hybridized carbons (Fsp3) is 0.188. The zero-order valence-corrected chi connectivity index (χ0v) is 11.2. The van der Waals surface area contributed by atoms with Gasteiger partial charge in [0.25, 0.3) is 0 Å². The molecule has 0 aliphatic carbocycles. The number of nitrogens with zero attached hydrogens (tertiary/aromatic N) is 1. The number of hydrogen-bond donors (Lipinski definition) is 1. The van der Waals surface area contributed by atoms with Crippen LogP contribution in [-0.2, 0) is 11.3 Å². The van der Waals surface area contributed by atoms with E-state index in [1.54, 1.807) is 17.0 Å². The Morgan fingerprint density at radius 2 is 1.80 bits per heavy atom. The van der Waals surface area contributed by atoms with Gasteiger partial charge in [0.05, 0.1) is 0 Å². The molecular formula is C16H16FNO2. The van der Waals surface area contributed by atoms with Crippen molar-refractivity contribution in [2.24, 2.45) is 0 Å². The van der Waals surface area contributed by atoms with Crippen LogP contribution in [0.3, 0.4) is 0 Å². The van der Waals surface area contributed by atoms with Gasteiger partial charge in [0.15, 0.2) is 0 Å². The van der Waals surface area contributed by atoms with Crippen molar-refractivity contribution < 1.29 is 14.3 Å². The lowest BCUT2D eigenvalue weighted by atomic mass is 10.1. The quantitative estimate of drug-likeness (QED) is 0.909. The molecule has 0 amide bonds. The average molecular weight is 273 g/mol. The molecule has 2 rings (SSSR count). The molecule has 0 saturated carbocycles. The number of anilines is 1. The predicted molar refractivity (Wildman–Crippen MR) is 76.3 cm³/mol. The molecule has 0 bridgehead atoms. The van der Waals surface area contributed by atoms with Crippen LogP contribution in [-0.4, -0.2) is 17.6 Å². The van der Waals surface area contributed by atoms with E-state index in [9.17, 15) is 9.18 Å². The molecule has 4 heteroatoms. The molecule has 0 radical (unpaired) electrons. The summed E-state index contributed by atoms with van der Waals surface area (Å²) in [7, 11) is 0. The SMILES string of the molecule is Cc1ccccc1N(CC(=O)O)Cc1ccc(F)cc1. The topological polar surface area (TPSA) is 40.5 Å². The van der Waals surface area contributed by atoms with Gasteiger partial charge in [-0.25, -0.2) is 4.39 Å². The predicted octanol–water partition coefficient (Wildman–Crippen LogP) is 3.23. The first-order valence-corrected chi connectivity index (χ1v) is 6.33. The third kappa shape index (κ3) is 3.57. The van der Waals surface area contributed by atoms with Crippen LogP contribution in [0.1, 0.15) is 11.1 Å². The highest BCUT2D eigenvalue weighted by Gasteiger charge is 2.13. The van der Waals surface area contributed by atoms with E-state index >= 15 is 0 Å². The van der Waals surface area contributed by atoms with Gasteiger partial charge in [-0.2, -0.15) is 0 Å². The first-order valence-electron chi connectivity index (χ1n) is 6.33. The molecule has 0 unspecified atom stereocenters. The first kappa shape index (κ1) is 14.1. The van der Waals surface area contributed by atoms with Gasteiger partial charge < -0.3 is 10.0 Å². The highest BCUT2D eigenvalue weighted by molar-refractivity contribution is 5.74. The van der Waals surface area contributed by atoms with Gasteiger partial charge in [-0.1, -0.05) is 30.3 Å². The Kier molecular flexibility index (Phi) is 4.35. The van der Waals surface area contributed by atoms with Gasteiger partial charge in [0.1, 0.15) is 12.4 Å². The number of carbonyl (C=O) groups is 1. The molecule has 2 aromatic rings. The van der Waals surface area contributed by atoms with Crippen molar-refractivity contribution in [3.63, 3.8) is 0 Å². The summed E-state index contributed by atoms with van der Waals surface area (Å²) >= 11 is 0. The van der Waals surface area contributed by atoms with Crippen LogP contribution >= 0.6 is 0 Å². The molecule has 0 saturated heterocycles. The van der Waals surface area contributed by atoms with Gasteiger partial charge >= 0.3 is 5.97 Å². The van der Waals surface area contributed by atoms with E-state index < -0.39 is 5.97 Å². The Labute approximate surface area is 117 Å². The summed E-state index contributed by atoms with van der Waals surface area (Å²) in [6.07, 6.45) is 0. The van der Waals surface area contributed by atoms with E-state index in [1.165, 1.54) is 12.1 Å². The van der Waals surface area contributed by atoms with Gasteiger partial charge in [0.2, 0.25) is 0 Å². The second-order valence-corrected chi connectivity index (χ2v) is 4.66. The maximum absolute atomic E-state index is 12.9. The Morgan fingerprint density at radius 3 is 2.40 bits per heavy atom. The van der Waals surface area contributed by atoms with Crippen molar-refractivity contribution in [2.75, 3.05) is 11.4 Å². The maximum atomic E-state index is 12.9. The van der Waals surface area contributed by atoms with E-state index in [-0.39, 0.29) is 12.4 Å². The van der Waals surface area contributed by atoms with E-state index in [0.29, 0.717) is 6.54 Å². The van der Waals surface area contributed by atoms with Crippen molar-refractivity contribution in [3.8, 4) is 0 Å². The molecule has 104 valence electrons. The van der Waals surface area contributed by atoms with Gasteiger partial charge in [-0.05, 0) is 36.2 Å². The van der Waals surface area contributed by atoms with Crippen molar-refractivity contribution in [3.05, 3.63) is 65.5 Å². The summed E-state index contributed by atoms with van der Waals surface area (Å²) in [6.45, 7) is 2.27. The fourth-order valence-corrected chi connectivity index (χ4v) is 2.12. The van der Waals surface area contributed by atoms with Crippen LogP contribution < -0.4 is 4.90 Å². The lowest BCUT2D eigenvalue weighted by Gasteiger charge is -2.24. The zero-order chi connectivity index (χ0) is 14.5. The molecule has 1 N–H and O–H groups in total. The van der Waals surface area contributed by atoms with E-state index in [1.807, 2.05) is 31.2 Å². The minimum atomic E-state index is -0.893. The first-order chi connectivity index (χ1) is 9.56. The van der Waals surface area contributed by atoms with Crippen LogP contribution in [0.25, 0.3) is 0 Å². The minimum absolute atomic E-state index is 0.0950. The fourth-order valence-electron chi connectivity index (χ4n) is 2.12. The van der Waals surface area contributed by atoms with Crippen molar-refractivity contribution in [1.82, 2.24) is 0 Å². The minimum Gasteiger partial charge on any atom is -0.480 e. The molecule has 2 aromatic carbocycles. The van der Waals surface area contributed by atoms with Crippen LogP contribution in [0.15, 0.2) is 48.5 Å². The lowest BCUT2D eigenvalue weighted by molar-refractivity contribution is -0.135. The highest BCUT2D eigenvalue weighted by Crippen LogP contribution is 2.21. The maximum Gasteiger partial charge on any atom is 0.323 e. The van der Waals surface area contributed by atoms with Crippen LogP contribution in [0.4, 0.5) is 10.1 Å². The van der Waals surface area contributed by atoms with Crippen LogP contribution in [0, 0.1) is 12.7 Å². The summed E-state index contributed by atoms with van der Waals surface area (Å²) in [4.78, 5) is 12.8. The molecule has 0 aliphatic heterocycles. The molecular weight excluding hydrogens is 257 g/mol. The third-order valence-corrected chi connectivity index (χ3v) is 3.07. The van der Waals surface area contributed by atoms with E-state index in [4.69, 9.17) is 5.11 Å². The number of carboxylic acids is 1. The van der Waals surface area contributed by atoms with Crippen LogP contribution in [0.5, 0.6) is 0 Å². The zero-order valence-electron chi connectivity index (χ0n) is 11.2. The second kappa shape index (κ2) is 6.19. The van der Waals surface area contributed by atoms with Crippen molar-refractivity contribution in [2.45, 2.75) is 13.5 Å². The highest BCUT2D eigenvalue weighted by atomic mass is 19.1. The molecule has 0 aromatic heterocycles. The number of benzene rings is 2. The molecule has 20 heavy (non-hydrogen) atoms. The normalized spacial score (nSPS) is 10.3. The summed E-state index contributed by atoms with van der Waals surface area (Å²) in [5, 5.41) is 9.06. The van der Waals surface area contributed by atoms with E-state index in [0.717, 1.165) is 16.8 Å². The average Bonchev–Trinajstić information content (AvgIpc) is 2.41. The summed E-state index contributed by atoms with van der Waals surface area (Å²) in [5.74, 6) is -1.19. The van der Waals surface area contributed by atoms with Gasteiger partial charge in [-0.15, -0.1) is 0 Å². The van der Waals surface area contributed by atoms with Gasteiger partial charge in [-0.3, -0.25) is 4.79 Å². The monoisotopic (exact) mass is 273 g/mol. The smallest absolute Gasteiger partial charge is 0.323 e. The number of hydrogen-bond acceptors (Lipinski definition) is 2. The lowest BCUT2D eigenvalue weighted by Crippen LogP contribution is -2.29. The molecule has 0 heterocycles.